The molecule has 2 aliphatic carbocycles. The molecule has 6 heteroatoms. The van der Waals surface area contributed by atoms with Gasteiger partial charge in [0.05, 0.1) is 4.90 Å². The number of aromatic nitrogens is 1. The summed E-state index contributed by atoms with van der Waals surface area (Å²) in [4.78, 5) is 4.38. The molecule has 0 spiro atoms. The van der Waals surface area contributed by atoms with E-state index >= 15 is 0 Å². The van der Waals surface area contributed by atoms with Gasteiger partial charge in [0.25, 0.3) is 0 Å². The van der Waals surface area contributed by atoms with Gasteiger partial charge in [0.15, 0.2) is 0 Å². The third-order valence-electron chi connectivity index (χ3n) is 5.30. The SMILES string of the molecule is NC1CC2CC(NS(=O)(=O)c3ccc4cnccc4c3)CC2C1. The smallest absolute Gasteiger partial charge is 0.240 e. The number of hydrogen-bond donors (Lipinski definition) is 2. The van der Waals surface area contributed by atoms with Crippen molar-refractivity contribution < 1.29 is 8.42 Å². The van der Waals surface area contributed by atoms with Gasteiger partial charge in [-0.15, -0.1) is 0 Å². The zero-order valence-electron chi connectivity index (χ0n) is 12.9. The standard InChI is InChI=1S/C17H21N3O2S/c18-15-5-13-7-16(8-14(13)6-15)20-23(21,22)17-2-1-12-10-19-4-3-11(12)9-17/h1-4,9-10,13-16,20H,5-8,18H2. The molecule has 2 saturated carbocycles. The number of pyridine rings is 1. The highest BCUT2D eigenvalue weighted by Gasteiger charge is 2.41. The summed E-state index contributed by atoms with van der Waals surface area (Å²) in [5.74, 6) is 1.17. The van der Waals surface area contributed by atoms with Crippen LogP contribution in [0, 0.1) is 11.8 Å². The van der Waals surface area contributed by atoms with Gasteiger partial charge in [-0.2, -0.15) is 0 Å². The summed E-state index contributed by atoms with van der Waals surface area (Å²) in [5, 5.41) is 1.83. The molecule has 4 rings (SSSR count). The Morgan fingerprint density at radius 2 is 1.78 bits per heavy atom. The fourth-order valence-corrected chi connectivity index (χ4v) is 5.57. The Kier molecular flexibility index (Phi) is 3.63. The van der Waals surface area contributed by atoms with E-state index in [4.69, 9.17) is 5.73 Å². The molecule has 0 aliphatic heterocycles. The van der Waals surface area contributed by atoms with Crippen molar-refractivity contribution in [3.63, 3.8) is 0 Å². The molecule has 0 radical (unpaired) electrons. The first kappa shape index (κ1) is 15.1. The molecular weight excluding hydrogens is 310 g/mol. The van der Waals surface area contributed by atoms with E-state index in [9.17, 15) is 8.42 Å². The maximum absolute atomic E-state index is 12.7. The zero-order valence-corrected chi connectivity index (χ0v) is 13.7. The summed E-state index contributed by atoms with van der Waals surface area (Å²) in [6.45, 7) is 0. The van der Waals surface area contributed by atoms with Crippen molar-refractivity contribution in [2.24, 2.45) is 17.6 Å². The first-order valence-corrected chi connectivity index (χ1v) is 9.61. The molecule has 3 N–H and O–H groups in total. The predicted octanol–water partition coefficient (Wildman–Crippen LogP) is 2.03. The van der Waals surface area contributed by atoms with Crippen molar-refractivity contribution in [3.8, 4) is 0 Å². The lowest BCUT2D eigenvalue weighted by molar-refractivity contribution is 0.457. The molecule has 1 aromatic heterocycles. The monoisotopic (exact) mass is 331 g/mol. The molecular formula is C17H21N3O2S. The van der Waals surface area contributed by atoms with E-state index in [2.05, 4.69) is 9.71 Å². The van der Waals surface area contributed by atoms with Crippen molar-refractivity contribution in [2.75, 3.05) is 0 Å². The second-order valence-electron chi connectivity index (χ2n) is 6.93. The quantitative estimate of drug-likeness (QED) is 0.901. The summed E-state index contributed by atoms with van der Waals surface area (Å²) in [6.07, 6.45) is 7.30. The Balaban J connectivity index is 1.53. The number of benzene rings is 1. The Morgan fingerprint density at radius 1 is 1.04 bits per heavy atom. The number of sulfonamides is 1. The van der Waals surface area contributed by atoms with Crippen LogP contribution in [0.2, 0.25) is 0 Å². The van der Waals surface area contributed by atoms with Crippen LogP contribution in [0.4, 0.5) is 0 Å². The second kappa shape index (κ2) is 5.54. The van der Waals surface area contributed by atoms with Crippen LogP contribution >= 0.6 is 0 Å². The molecule has 0 bridgehead atoms. The Labute approximate surface area is 136 Å². The van der Waals surface area contributed by atoms with Crippen molar-refractivity contribution in [1.29, 1.82) is 0 Å². The molecule has 23 heavy (non-hydrogen) atoms. The highest BCUT2D eigenvalue weighted by atomic mass is 32.2. The normalized spacial score (nSPS) is 30.7. The molecule has 1 aromatic carbocycles. The van der Waals surface area contributed by atoms with Gasteiger partial charge in [-0.1, -0.05) is 6.07 Å². The minimum atomic E-state index is -3.48. The molecule has 2 aliphatic rings. The van der Waals surface area contributed by atoms with E-state index in [1.54, 1.807) is 30.6 Å². The van der Waals surface area contributed by atoms with Gasteiger partial charge in [-0.3, -0.25) is 4.98 Å². The van der Waals surface area contributed by atoms with Gasteiger partial charge in [0.2, 0.25) is 10.0 Å². The van der Waals surface area contributed by atoms with Gasteiger partial charge in [0, 0.05) is 29.9 Å². The molecule has 0 saturated heterocycles. The van der Waals surface area contributed by atoms with E-state index in [-0.39, 0.29) is 6.04 Å². The van der Waals surface area contributed by atoms with Crippen molar-refractivity contribution in [3.05, 3.63) is 36.7 Å². The van der Waals surface area contributed by atoms with Gasteiger partial charge in [-0.05, 0) is 61.1 Å². The Morgan fingerprint density at radius 3 is 2.52 bits per heavy atom. The minimum Gasteiger partial charge on any atom is -0.328 e. The van der Waals surface area contributed by atoms with Gasteiger partial charge < -0.3 is 5.73 Å². The molecule has 2 fully saturated rings. The minimum absolute atomic E-state index is 0.0376. The van der Waals surface area contributed by atoms with Crippen molar-refractivity contribution in [1.82, 2.24) is 9.71 Å². The molecule has 5 nitrogen and oxygen atoms in total. The van der Waals surface area contributed by atoms with Crippen LogP contribution in [-0.4, -0.2) is 25.5 Å². The van der Waals surface area contributed by atoms with Gasteiger partial charge in [0.1, 0.15) is 0 Å². The van der Waals surface area contributed by atoms with E-state index < -0.39 is 10.0 Å². The summed E-state index contributed by atoms with van der Waals surface area (Å²) < 4.78 is 28.2. The van der Waals surface area contributed by atoms with Crippen molar-refractivity contribution in [2.45, 2.75) is 42.7 Å². The summed E-state index contributed by atoms with van der Waals surface area (Å²) >= 11 is 0. The van der Waals surface area contributed by atoms with Gasteiger partial charge in [-0.25, -0.2) is 13.1 Å². The van der Waals surface area contributed by atoms with Crippen LogP contribution in [-0.2, 0) is 10.0 Å². The highest BCUT2D eigenvalue weighted by molar-refractivity contribution is 7.89. The van der Waals surface area contributed by atoms with E-state index in [0.29, 0.717) is 22.8 Å². The number of nitrogens with zero attached hydrogens (tertiary/aromatic N) is 1. The molecule has 2 aromatic rings. The predicted molar refractivity (Wildman–Crippen MR) is 89.3 cm³/mol. The van der Waals surface area contributed by atoms with Crippen LogP contribution in [0.5, 0.6) is 0 Å². The molecule has 2 atom stereocenters. The third kappa shape index (κ3) is 2.86. The van der Waals surface area contributed by atoms with E-state index in [1.807, 2.05) is 6.07 Å². The lowest BCUT2D eigenvalue weighted by Gasteiger charge is -2.15. The Hall–Kier alpha value is -1.50. The summed E-state index contributed by atoms with van der Waals surface area (Å²) in [5.41, 5.74) is 6.00. The summed E-state index contributed by atoms with van der Waals surface area (Å²) in [7, 11) is -3.48. The zero-order chi connectivity index (χ0) is 16.0. The van der Waals surface area contributed by atoms with Gasteiger partial charge >= 0.3 is 0 Å². The number of nitrogens with one attached hydrogen (secondary N) is 1. The van der Waals surface area contributed by atoms with E-state index in [0.717, 1.165) is 36.5 Å². The molecule has 122 valence electrons. The first-order chi connectivity index (χ1) is 11.0. The summed E-state index contributed by atoms with van der Waals surface area (Å²) in [6, 6.07) is 7.34. The maximum Gasteiger partial charge on any atom is 0.240 e. The van der Waals surface area contributed by atoms with Crippen molar-refractivity contribution >= 4 is 20.8 Å². The number of nitrogens with two attached hydrogens (primary N) is 1. The number of rotatable bonds is 3. The van der Waals surface area contributed by atoms with Crippen LogP contribution in [0.1, 0.15) is 25.7 Å². The average Bonchev–Trinajstić information content (AvgIpc) is 3.02. The largest absolute Gasteiger partial charge is 0.328 e. The highest BCUT2D eigenvalue weighted by Crippen LogP contribution is 2.43. The van der Waals surface area contributed by atoms with Crippen LogP contribution < -0.4 is 10.5 Å². The number of fused-ring (bicyclic) bond motifs is 2. The fraction of sp³-hybridized carbons (Fsp3) is 0.471. The average molecular weight is 331 g/mol. The molecule has 2 unspecified atom stereocenters. The Bertz CT molecular complexity index is 823. The second-order valence-corrected chi connectivity index (χ2v) is 8.64. The molecule has 1 heterocycles. The van der Waals surface area contributed by atoms with Crippen LogP contribution in [0.15, 0.2) is 41.6 Å². The third-order valence-corrected chi connectivity index (χ3v) is 6.81. The fourth-order valence-electron chi connectivity index (χ4n) is 4.28. The van der Waals surface area contributed by atoms with Crippen LogP contribution in [0.3, 0.4) is 0 Å². The molecule has 0 amide bonds. The lowest BCUT2D eigenvalue weighted by atomic mass is 10.0. The topological polar surface area (TPSA) is 85.1 Å². The number of hydrogen-bond acceptors (Lipinski definition) is 4. The first-order valence-electron chi connectivity index (χ1n) is 8.13. The maximum atomic E-state index is 12.7. The van der Waals surface area contributed by atoms with Crippen LogP contribution in [0.25, 0.3) is 10.8 Å². The lowest BCUT2D eigenvalue weighted by Crippen LogP contribution is -2.34. The van der Waals surface area contributed by atoms with E-state index in [1.165, 1.54) is 0 Å².